The van der Waals surface area contributed by atoms with Gasteiger partial charge in [-0.25, -0.2) is 4.98 Å². The number of Topliss-reactive ketones (excluding diaryl/α,β-unsaturated/α-hetero) is 1. The molecule has 209 valence electrons. The Morgan fingerprint density at radius 1 is 0.974 bits per heavy atom. The Morgan fingerprint density at radius 2 is 1.47 bits per heavy atom. The Morgan fingerprint density at radius 3 is 1.89 bits per heavy atom. The molecule has 0 fully saturated rings. The second-order valence-electron chi connectivity index (χ2n) is 5.48. The predicted octanol–water partition coefficient (Wildman–Crippen LogP) is 1.76. The average molecular weight is 718 g/mol. The number of pyridine rings is 1. The number of rotatable bonds is 11. The minimum atomic E-state index is -0.413. The predicted molar refractivity (Wildman–Crippen MR) is 133 cm³/mol. The van der Waals surface area contributed by atoms with Crippen LogP contribution in [0.1, 0.15) is 20.3 Å². The molecule has 0 spiro atoms. The molecule has 1 aliphatic rings. The van der Waals surface area contributed by atoms with Gasteiger partial charge in [0.25, 0.3) is 11.8 Å². The third-order valence-electron chi connectivity index (χ3n) is 3.19. The maximum atomic E-state index is 11.3. The second kappa shape index (κ2) is 40.8. The molecule has 3 radical (unpaired) electrons. The Kier molecular flexibility index (Phi) is 57.6. The van der Waals surface area contributed by atoms with E-state index in [9.17, 15) is 14.4 Å². The van der Waals surface area contributed by atoms with Gasteiger partial charge in [0, 0.05) is 100 Å². The van der Waals surface area contributed by atoms with Crippen molar-refractivity contribution in [2.24, 2.45) is 0 Å². The van der Waals surface area contributed by atoms with Crippen LogP contribution < -0.4 is 10.6 Å². The minimum Gasteiger partial charge on any atom is -0.473 e. The van der Waals surface area contributed by atoms with Crippen LogP contribution in [0, 0.1) is 21.5 Å². The Bertz CT molecular complexity index is 784. The number of imide groups is 1. The van der Waals surface area contributed by atoms with Gasteiger partial charge in [-0.2, -0.15) is 19.2 Å². The Balaban J connectivity index is -0.0000000761. The van der Waals surface area contributed by atoms with Crippen molar-refractivity contribution in [2.45, 2.75) is 25.3 Å². The van der Waals surface area contributed by atoms with Crippen molar-refractivity contribution in [3.8, 4) is 0 Å². The summed E-state index contributed by atoms with van der Waals surface area (Å²) in [5.74, 6) is 0.105. The molecule has 1 aromatic rings. The summed E-state index contributed by atoms with van der Waals surface area (Å²) in [6.45, 7) is 1.46. The first-order valence-corrected chi connectivity index (χ1v) is 11.5. The van der Waals surface area contributed by atoms with E-state index in [-0.39, 0.29) is 109 Å². The standard InChI is InChI=1S/C10H13N2O3.C8H11N2S2.2CO2.CH4.CH3.2V.Y/c1-11-6-2-3-8(13)7-12-9(14)4-5-10(12)15;1-9-6-7-11-12-8-4-2-3-5-10-8;2*2-1-3;;;;;/h4-5,11H,1-3,6-7H2;2-5,9H,1,6-7H2;;;1H4;1H3;;;/q2*-1;;;;-1;;;. The van der Waals surface area contributed by atoms with Crippen molar-refractivity contribution in [1.29, 1.82) is 0 Å². The number of ketones is 1. The zero-order valence-electron chi connectivity index (χ0n) is 20.2. The molecule has 11 nitrogen and oxygen atoms in total. The van der Waals surface area contributed by atoms with Crippen molar-refractivity contribution >= 4 is 51.5 Å². The zero-order valence-corrected chi connectivity index (χ0v) is 27.4. The van der Waals surface area contributed by atoms with Crippen molar-refractivity contribution in [3.63, 3.8) is 0 Å². The fourth-order valence-electron chi connectivity index (χ4n) is 1.87. The molecule has 2 rings (SSSR count). The molecule has 0 saturated carbocycles. The van der Waals surface area contributed by atoms with Crippen LogP contribution in [-0.4, -0.2) is 65.2 Å². The van der Waals surface area contributed by atoms with E-state index in [1.807, 2.05) is 24.4 Å². The molecule has 1 aromatic heterocycles. The van der Waals surface area contributed by atoms with Crippen LogP contribution in [0.4, 0.5) is 0 Å². The monoisotopic (exact) mass is 718 g/mol. The number of amides is 2. The Hall–Kier alpha value is -0.647. The van der Waals surface area contributed by atoms with Crippen molar-refractivity contribution < 1.29 is 103 Å². The van der Waals surface area contributed by atoms with Gasteiger partial charge in [-0.1, -0.05) is 24.3 Å². The number of nitrogens with one attached hydrogen (secondary N) is 2. The molecule has 0 aromatic carbocycles. The van der Waals surface area contributed by atoms with Crippen molar-refractivity contribution in [3.05, 3.63) is 58.1 Å². The minimum absolute atomic E-state index is 0. The van der Waals surface area contributed by atoms with Crippen molar-refractivity contribution in [1.82, 2.24) is 20.5 Å². The van der Waals surface area contributed by atoms with E-state index in [1.165, 1.54) is 12.2 Å². The number of aromatic nitrogens is 1. The number of hydrogen-bond acceptors (Lipinski definition) is 12. The second-order valence-corrected chi connectivity index (χ2v) is 7.91. The smallest absolute Gasteiger partial charge is 0.373 e. The first-order chi connectivity index (χ1) is 15.9. The summed E-state index contributed by atoms with van der Waals surface area (Å²) < 4.78 is 0. The maximum absolute atomic E-state index is 11.3. The van der Waals surface area contributed by atoms with Gasteiger partial charge in [0.15, 0.2) is 5.78 Å². The van der Waals surface area contributed by atoms with Gasteiger partial charge >= 0.3 is 12.3 Å². The quantitative estimate of drug-likeness (QED) is 0.148. The van der Waals surface area contributed by atoms with Gasteiger partial charge in [0.2, 0.25) is 0 Å². The number of carbonyl (C=O) groups is 3. The third kappa shape index (κ3) is 33.4. The topological polar surface area (TPSA) is 160 Å². The van der Waals surface area contributed by atoms with Gasteiger partial charge in [0.05, 0.1) is 6.54 Å². The van der Waals surface area contributed by atoms with Crippen LogP contribution in [0.15, 0.2) is 41.6 Å². The fourth-order valence-corrected chi connectivity index (χ4v) is 3.69. The molecule has 2 amide bonds. The molecule has 1 aliphatic heterocycles. The molecule has 38 heavy (non-hydrogen) atoms. The average Bonchev–Trinajstić information content (AvgIpc) is 3.11. The van der Waals surface area contributed by atoms with Crippen LogP contribution in [0.25, 0.3) is 0 Å². The third-order valence-corrected chi connectivity index (χ3v) is 5.46. The molecule has 16 heteroatoms. The van der Waals surface area contributed by atoms with E-state index in [1.54, 1.807) is 21.6 Å². The molecular weight excluding hydrogens is 687 g/mol. The summed E-state index contributed by atoms with van der Waals surface area (Å²) >= 11 is 0. The summed E-state index contributed by atoms with van der Waals surface area (Å²) in [4.78, 5) is 71.2. The van der Waals surface area contributed by atoms with E-state index < -0.39 is 11.8 Å². The molecule has 2 heterocycles. The summed E-state index contributed by atoms with van der Waals surface area (Å²) in [5.41, 5.74) is 0. The first kappa shape index (κ1) is 53.6. The van der Waals surface area contributed by atoms with Gasteiger partial charge in [-0.3, -0.25) is 33.4 Å². The van der Waals surface area contributed by atoms with Crippen LogP contribution in [0.3, 0.4) is 0 Å². The fraction of sp³-hybridized carbons (Fsp3) is 0.318. The van der Waals surface area contributed by atoms with Gasteiger partial charge in [0.1, 0.15) is 5.03 Å². The van der Waals surface area contributed by atoms with E-state index in [0.29, 0.717) is 19.4 Å². The molecule has 0 bridgehead atoms. The molecular formula is C22H31N4O7S2V2Y-3. The first-order valence-electron chi connectivity index (χ1n) is 9.15. The molecule has 0 aliphatic carbocycles. The van der Waals surface area contributed by atoms with Crippen LogP contribution >= 0.6 is 21.6 Å². The van der Waals surface area contributed by atoms with E-state index >= 15 is 0 Å². The molecule has 0 saturated heterocycles. The van der Waals surface area contributed by atoms with Crippen LogP contribution in [0.2, 0.25) is 0 Å². The van der Waals surface area contributed by atoms with E-state index in [4.69, 9.17) is 19.2 Å². The normalized spacial score (nSPS) is 9.58. The largest absolute Gasteiger partial charge is 0.473 e. The number of hydrogen-bond donors (Lipinski definition) is 2. The Labute approximate surface area is 281 Å². The van der Waals surface area contributed by atoms with E-state index in [2.05, 4.69) is 29.7 Å². The van der Waals surface area contributed by atoms with Gasteiger partial charge < -0.3 is 18.1 Å². The maximum Gasteiger partial charge on any atom is 0.373 e. The molecule has 0 unspecified atom stereocenters. The SMILES string of the molecule is C.O=C=O.O=C=O.[CH2-]NCCCC(=O)CN1C(=O)C=CC1=O.[CH2-]NCCSSc1ccccn1.[CH3-].[V].[V].[Y]. The van der Waals surface area contributed by atoms with Gasteiger partial charge in [-0.05, 0) is 42.4 Å². The van der Waals surface area contributed by atoms with Crippen molar-refractivity contribution in [2.75, 3.05) is 25.4 Å². The summed E-state index contributed by atoms with van der Waals surface area (Å²) in [7, 11) is 10.4. The number of nitrogens with zero attached hydrogens (tertiary/aromatic N) is 2. The van der Waals surface area contributed by atoms with Crippen LogP contribution in [-0.2, 0) is 103 Å². The summed E-state index contributed by atoms with van der Waals surface area (Å²) in [6.07, 6.45) is 5.66. The summed E-state index contributed by atoms with van der Waals surface area (Å²) in [6, 6.07) is 5.93. The summed E-state index contributed by atoms with van der Waals surface area (Å²) in [5, 5.41) is 6.58. The zero-order chi connectivity index (χ0) is 25.3. The van der Waals surface area contributed by atoms with Crippen LogP contribution in [0.5, 0.6) is 0 Å². The molecule has 0 atom stereocenters. The number of carbonyl (C=O) groups excluding carboxylic acids is 7. The van der Waals surface area contributed by atoms with Gasteiger partial charge in [-0.15, -0.1) is 0 Å². The molecule has 2 N–H and O–H groups in total. The van der Waals surface area contributed by atoms with E-state index in [0.717, 1.165) is 22.2 Å².